The zero-order chi connectivity index (χ0) is 45.0. The van der Waals surface area contributed by atoms with E-state index in [1.165, 1.54) is 0 Å². The zero-order valence-corrected chi connectivity index (χ0v) is 34.6. The number of hydrogen-bond donors (Lipinski definition) is 13. The lowest BCUT2D eigenvalue weighted by molar-refractivity contribution is -0.144. The van der Waals surface area contributed by atoms with Crippen LogP contribution in [0.2, 0.25) is 0 Å². The number of aliphatic hydroxyl groups excluding tert-OH is 2. The van der Waals surface area contributed by atoms with E-state index in [9.17, 15) is 58.5 Å². The number of thiol groups is 1. The minimum absolute atomic E-state index is 0.0205. The number of carboxylic acid groups (broad SMARTS) is 1. The average Bonchev–Trinajstić information content (AvgIpc) is 3.15. The summed E-state index contributed by atoms with van der Waals surface area (Å²) >= 11 is 4.10. The topological polar surface area (TPSA) is 351 Å². The highest BCUT2D eigenvalue weighted by Crippen LogP contribution is 2.11. The lowest BCUT2D eigenvalue weighted by Crippen LogP contribution is -2.60. The molecule has 0 spiro atoms. The van der Waals surface area contributed by atoms with Gasteiger partial charge in [-0.15, -0.1) is 0 Å². The van der Waals surface area contributed by atoms with Crippen LogP contribution in [0.5, 0.6) is 0 Å². The summed E-state index contributed by atoms with van der Waals surface area (Å²) in [7, 11) is 0. The molecule has 22 heteroatoms. The van der Waals surface area contributed by atoms with Crippen molar-refractivity contribution < 1.29 is 58.5 Å². The van der Waals surface area contributed by atoms with E-state index in [2.05, 4.69) is 49.8 Å². The fourth-order valence-corrected chi connectivity index (χ4v) is 5.68. The predicted octanol–water partition coefficient (Wildman–Crippen LogP) is -4.06. The molecule has 14 N–H and O–H groups in total. The third-order valence-electron chi connectivity index (χ3n) is 8.47. The third kappa shape index (κ3) is 19.3. The van der Waals surface area contributed by atoms with Gasteiger partial charge in [-0.25, -0.2) is 4.79 Å². The van der Waals surface area contributed by atoms with Crippen LogP contribution >= 0.6 is 12.6 Å². The summed E-state index contributed by atoms with van der Waals surface area (Å²) in [5, 5.41) is 44.8. The average molecular weight is 854 g/mol. The smallest absolute Gasteiger partial charge is 0.328 e. The number of nitrogens with one attached hydrogen (secondary N) is 7. The van der Waals surface area contributed by atoms with Crippen LogP contribution < -0.4 is 48.7 Å². The van der Waals surface area contributed by atoms with E-state index in [0.717, 1.165) is 6.92 Å². The molecule has 330 valence electrons. The van der Waals surface area contributed by atoms with E-state index >= 15 is 0 Å². The molecule has 0 aromatic heterocycles. The molecule has 0 aliphatic carbocycles. The number of carbonyl (C=O) groups excluding carboxylic acids is 8. The Morgan fingerprint density at radius 1 is 0.661 bits per heavy atom. The summed E-state index contributed by atoms with van der Waals surface area (Å²) in [5.74, 6) is -9.31. The summed E-state index contributed by atoms with van der Waals surface area (Å²) in [6.07, 6.45) is -2.19. The Bertz CT molecular complexity index is 1620. The SMILES string of the molecule is CC(C)C[C@H](NC(=O)[C@H](CC(C)C)NC(=O)[C@H](CC(N)=O)NC(=O)[C@H](Cc1ccccc1)NC(=O)[C@H](CS)NC(=O)[C@@H](N)CO)C(=O)NCC(=O)N[C@H](C(=O)O)[C@@H](C)O. The molecule has 0 saturated carbocycles. The number of rotatable bonds is 26. The van der Waals surface area contributed by atoms with E-state index in [1.54, 1.807) is 58.0 Å². The minimum atomic E-state index is -1.66. The standard InChI is InChI=1S/C37H59N9O12S/c1-18(2)11-23(32(52)40-15-29(50)46-30(20(5)48)37(57)58)41-33(53)24(12-19(3)4)42-35(55)26(14-28(39)49)44-34(54)25(13-21-9-7-6-8-10-21)43-36(56)27(17-59)45-31(51)22(38)16-47/h6-10,18-20,22-27,30,47-48,59H,11-17,38H2,1-5H3,(H2,39,49)(H,40,52)(H,41,53)(H,42,55)(H,43,56)(H,44,54)(H,45,51)(H,46,50)(H,57,58)/t20-,22+,23+,24+,25+,26+,27+,30+/m1/s1. The first-order valence-corrected chi connectivity index (χ1v) is 19.5. The molecule has 0 fully saturated rings. The van der Waals surface area contributed by atoms with Crippen molar-refractivity contribution in [1.29, 1.82) is 0 Å². The monoisotopic (exact) mass is 853 g/mol. The number of benzene rings is 1. The molecule has 8 amide bonds. The van der Waals surface area contributed by atoms with Crippen molar-refractivity contribution in [1.82, 2.24) is 37.2 Å². The van der Waals surface area contributed by atoms with Crippen LogP contribution in [0, 0.1) is 11.8 Å². The molecule has 0 aliphatic rings. The number of hydrogen-bond acceptors (Lipinski definition) is 13. The van der Waals surface area contributed by atoms with Crippen LogP contribution in [0.4, 0.5) is 0 Å². The maximum absolute atomic E-state index is 13.8. The van der Waals surface area contributed by atoms with Crippen molar-refractivity contribution >= 4 is 65.9 Å². The highest BCUT2D eigenvalue weighted by molar-refractivity contribution is 7.80. The lowest BCUT2D eigenvalue weighted by atomic mass is 9.99. The molecule has 8 atom stereocenters. The normalized spacial score (nSPS) is 15.2. The fraction of sp³-hybridized carbons (Fsp3) is 0.595. The summed E-state index contributed by atoms with van der Waals surface area (Å²) < 4.78 is 0. The molecular formula is C37H59N9O12S. The second kappa shape index (κ2) is 25.9. The highest BCUT2D eigenvalue weighted by Gasteiger charge is 2.34. The Morgan fingerprint density at radius 2 is 1.12 bits per heavy atom. The molecule has 1 aromatic rings. The Balaban J connectivity index is 3.31. The van der Waals surface area contributed by atoms with Crippen molar-refractivity contribution in [2.45, 2.75) is 109 Å². The van der Waals surface area contributed by atoms with E-state index in [0.29, 0.717) is 5.56 Å². The highest BCUT2D eigenvalue weighted by atomic mass is 32.1. The molecule has 1 rings (SSSR count). The van der Waals surface area contributed by atoms with Gasteiger partial charge < -0.3 is 64.0 Å². The first-order chi connectivity index (χ1) is 27.6. The molecule has 0 bridgehead atoms. The Hall–Kier alpha value is -5.32. The number of primary amides is 1. The molecule has 0 radical (unpaired) electrons. The van der Waals surface area contributed by atoms with Gasteiger partial charge in [0.15, 0.2) is 6.04 Å². The van der Waals surface area contributed by atoms with Crippen molar-refractivity contribution in [3.05, 3.63) is 35.9 Å². The van der Waals surface area contributed by atoms with Crippen LogP contribution in [0.25, 0.3) is 0 Å². The molecule has 21 nitrogen and oxygen atoms in total. The van der Waals surface area contributed by atoms with E-state index in [4.69, 9.17) is 11.5 Å². The molecule has 0 saturated heterocycles. The van der Waals surface area contributed by atoms with Gasteiger partial charge in [0, 0.05) is 12.2 Å². The van der Waals surface area contributed by atoms with E-state index < -0.39 is 121 Å². The summed E-state index contributed by atoms with van der Waals surface area (Å²) in [4.78, 5) is 116. The number of aliphatic carboxylic acids is 1. The number of amides is 8. The number of aliphatic hydroxyl groups is 2. The van der Waals surface area contributed by atoms with Gasteiger partial charge in [0.25, 0.3) is 0 Å². The van der Waals surface area contributed by atoms with Gasteiger partial charge in [0.05, 0.1) is 25.7 Å². The number of carbonyl (C=O) groups is 9. The van der Waals surface area contributed by atoms with Gasteiger partial charge in [-0.2, -0.15) is 12.6 Å². The van der Waals surface area contributed by atoms with Crippen molar-refractivity contribution in [3.8, 4) is 0 Å². The van der Waals surface area contributed by atoms with Crippen LogP contribution in [-0.2, 0) is 49.6 Å². The molecule has 0 heterocycles. The van der Waals surface area contributed by atoms with Gasteiger partial charge >= 0.3 is 5.97 Å². The molecule has 0 aliphatic heterocycles. The van der Waals surface area contributed by atoms with Crippen molar-refractivity contribution in [3.63, 3.8) is 0 Å². The first-order valence-electron chi connectivity index (χ1n) is 18.9. The second-order valence-corrected chi connectivity index (χ2v) is 15.1. The summed E-state index contributed by atoms with van der Waals surface area (Å²) in [6, 6.07) is -1.46. The maximum Gasteiger partial charge on any atom is 0.328 e. The van der Waals surface area contributed by atoms with E-state index in [-0.39, 0.29) is 36.9 Å². The van der Waals surface area contributed by atoms with E-state index in [1.807, 2.05) is 0 Å². The van der Waals surface area contributed by atoms with Crippen molar-refractivity contribution in [2.75, 3.05) is 18.9 Å². The van der Waals surface area contributed by atoms with Crippen LogP contribution in [-0.4, -0.2) is 136 Å². The molecule has 0 unspecified atom stereocenters. The summed E-state index contributed by atoms with van der Waals surface area (Å²) in [5.41, 5.74) is 11.6. The predicted molar refractivity (Wildman–Crippen MR) is 216 cm³/mol. The number of nitrogens with two attached hydrogens (primary N) is 2. The Labute approximate surface area is 347 Å². The third-order valence-corrected chi connectivity index (χ3v) is 8.84. The van der Waals surface area contributed by atoms with Gasteiger partial charge in [-0.1, -0.05) is 58.0 Å². The second-order valence-electron chi connectivity index (χ2n) is 14.7. The zero-order valence-electron chi connectivity index (χ0n) is 33.7. The van der Waals surface area contributed by atoms with Gasteiger partial charge in [-0.3, -0.25) is 38.4 Å². The molecule has 59 heavy (non-hydrogen) atoms. The molecular weight excluding hydrogens is 795 g/mol. The molecule has 1 aromatic carbocycles. The van der Waals surface area contributed by atoms with Crippen LogP contribution in [0.15, 0.2) is 30.3 Å². The van der Waals surface area contributed by atoms with Crippen molar-refractivity contribution in [2.24, 2.45) is 23.3 Å². The van der Waals surface area contributed by atoms with Crippen LogP contribution in [0.1, 0.15) is 59.4 Å². The minimum Gasteiger partial charge on any atom is -0.480 e. The van der Waals surface area contributed by atoms with Crippen LogP contribution in [0.3, 0.4) is 0 Å². The van der Waals surface area contributed by atoms with Gasteiger partial charge in [-0.05, 0) is 37.2 Å². The van der Waals surface area contributed by atoms with Gasteiger partial charge in [0.2, 0.25) is 47.3 Å². The fourth-order valence-electron chi connectivity index (χ4n) is 5.42. The Kier molecular flexibility index (Phi) is 22.7. The largest absolute Gasteiger partial charge is 0.480 e. The number of carboxylic acids is 1. The lowest BCUT2D eigenvalue weighted by Gasteiger charge is -2.28. The Morgan fingerprint density at radius 3 is 1.59 bits per heavy atom. The van der Waals surface area contributed by atoms with Gasteiger partial charge in [0.1, 0.15) is 36.3 Å². The quantitative estimate of drug-likeness (QED) is 0.0395. The first kappa shape index (κ1) is 51.7. The maximum atomic E-state index is 13.8. The summed E-state index contributed by atoms with van der Waals surface area (Å²) in [6.45, 7) is 6.80.